The van der Waals surface area contributed by atoms with Crippen LogP contribution in [0.5, 0.6) is 5.75 Å². The molecule has 37 heavy (non-hydrogen) atoms. The Morgan fingerprint density at radius 2 is 1.62 bits per heavy atom. The van der Waals surface area contributed by atoms with Gasteiger partial charge in [0.25, 0.3) is 0 Å². The number of benzene rings is 3. The van der Waals surface area contributed by atoms with Crippen LogP contribution in [0.3, 0.4) is 0 Å². The van der Waals surface area contributed by atoms with E-state index in [9.17, 15) is 4.79 Å². The second-order valence-corrected chi connectivity index (χ2v) is 11.0. The molecule has 0 saturated carbocycles. The fourth-order valence-electron chi connectivity index (χ4n) is 4.80. The maximum absolute atomic E-state index is 12.1. The molecule has 1 N–H and O–H groups in total. The summed E-state index contributed by atoms with van der Waals surface area (Å²) in [5.74, 6) is 1.38. The Labute approximate surface area is 230 Å². The van der Waals surface area contributed by atoms with Crippen LogP contribution >= 0.6 is 23.2 Å². The minimum atomic E-state index is -0.0419. The summed E-state index contributed by atoms with van der Waals surface area (Å²) in [5.41, 5.74) is 3.34. The lowest BCUT2D eigenvalue weighted by atomic mass is 9.89. The SMILES string of the molecule is CC(C)C(=O)Nc1cccc(C2CCN(CCCC(Oc3ccc(Cl)cc3)c3ccc(Cl)cc3)CC2)c1. The molecule has 1 aliphatic heterocycles. The van der Waals surface area contributed by atoms with Crippen LogP contribution in [0.25, 0.3) is 0 Å². The average molecular weight is 540 g/mol. The van der Waals surface area contributed by atoms with Gasteiger partial charge in [0.05, 0.1) is 0 Å². The lowest BCUT2D eigenvalue weighted by Crippen LogP contribution is -2.34. The van der Waals surface area contributed by atoms with E-state index in [-0.39, 0.29) is 17.9 Å². The van der Waals surface area contributed by atoms with Gasteiger partial charge in [-0.05, 0) is 111 Å². The number of nitrogens with zero attached hydrogens (tertiary/aromatic N) is 1. The number of hydrogen-bond donors (Lipinski definition) is 1. The van der Waals surface area contributed by atoms with Crippen molar-refractivity contribution in [2.75, 3.05) is 25.0 Å². The molecule has 0 bridgehead atoms. The standard InChI is InChI=1S/C31H36Cl2N2O2/c1-22(2)31(36)34-28-6-3-5-25(21-28)23-16-19-35(20-17-23)18-4-7-30(24-8-10-26(32)11-9-24)37-29-14-12-27(33)13-15-29/h3,5-6,8-15,21-23,30H,4,7,16-20H2,1-2H3,(H,34,36). The van der Waals surface area contributed by atoms with Crippen LogP contribution in [0.2, 0.25) is 10.0 Å². The Morgan fingerprint density at radius 3 is 2.27 bits per heavy atom. The molecule has 3 aromatic rings. The van der Waals surface area contributed by atoms with Gasteiger partial charge >= 0.3 is 0 Å². The third-order valence-electron chi connectivity index (χ3n) is 7.01. The first-order chi connectivity index (χ1) is 17.9. The molecule has 4 nitrogen and oxygen atoms in total. The summed E-state index contributed by atoms with van der Waals surface area (Å²) in [5, 5.41) is 4.46. The van der Waals surface area contributed by atoms with Gasteiger partial charge in [-0.3, -0.25) is 4.79 Å². The maximum Gasteiger partial charge on any atom is 0.226 e. The Morgan fingerprint density at radius 1 is 0.973 bits per heavy atom. The van der Waals surface area contributed by atoms with Crippen molar-refractivity contribution >= 4 is 34.8 Å². The van der Waals surface area contributed by atoms with Crippen LogP contribution in [0.1, 0.15) is 62.7 Å². The van der Waals surface area contributed by atoms with E-state index in [1.54, 1.807) is 0 Å². The highest BCUT2D eigenvalue weighted by molar-refractivity contribution is 6.30. The zero-order valence-corrected chi connectivity index (χ0v) is 23.1. The largest absolute Gasteiger partial charge is 0.486 e. The lowest BCUT2D eigenvalue weighted by molar-refractivity contribution is -0.118. The second-order valence-electron chi connectivity index (χ2n) is 10.1. The third-order valence-corrected chi connectivity index (χ3v) is 7.52. The van der Waals surface area contributed by atoms with E-state index >= 15 is 0 Å². The summed E-state index contributed by atoms with van der Waals surface area (Å²) in [6.07, 6.45) is 4.18. The highest BCUT2D eigenvalue weighted by Gasteiger charge is 2.22. The third kappa shape index (κ3) is 8.23. The van der Waals surface area contributed by atoms with E-state index in [4.69, 9.17) is 27.9 Å². The first kappa shape index (κ1) is 27.5. The van der Waals surface area contributed by atoms with Gasteiger partial charge in [-0.2, -0.15) is 0 Å². The van der Waals surface area contributed by atoms with E-state index in [1.165, 1.54) is 5.56 Å². The van der Waals surface area contributed by atoms with Crippen LogP contribution in [-0.4, -0.2) is 30.4 Å². The summed E-state index contributed by atoms with van der Waals surface area (Å²) in [7, 11) is 0. The van der Waals surface area contributed by atoms with Crippen molar-refractivity contribution < 1.29 is 9.53 Å². The topological polar surface area (TPSA) is 41.6 Å². The molecule has 0 spiro atoms. The van der Waals surface area contributed by atoms with Gasteiger partial charge < -0.3 is 15.0 Å². The minimum Gasteiger partial charge on any atom is -0.486 e. The molecule has 3 aromatic carbocycles. The molecule has 0 aliphatic carbocycles. The molecule has 4 rings (SSSR count). The molecule has 1 heterocycles. The number of carbonyl (C=O) groups is 1. The van der Waals surface area contributed by atoms with Crippen molar-refractivity contribution in [3.8, 4) is 5.75 Å². The summed E-state index contributed by atoms with van der Waals surface area (Å²) < 4.78 is 6.36. The Kier molecular flexibility index (Phi) is 9.90. The number of hydrogen-bond acceptors (Lipinski definition) is 3. The zero-order chi connectivity index (χ0) is 26.2. The number of carbonyl (C=O) groups excluding carboxylic acids is 1. The fraction of sp³-hybridized carbons (Fsp3) is 0.387. The van der Waals surface area contributed by atoms with Crippen molar-refractivity contribution in [2.24, 2.45) is 5.92 Å². The zero-order valence-electron chi connectivity index (χ0n) is 21.6. The van der Waals surface area contributed by atoms with Gasteiger partial charge in [0.1, 0.15) is 11.9 Å². The molecular formula is C31H36Cl2N2O2. The number of likely N-dealkylation sites (tertiary alicyclic amines) is 1. The Bertz CT molecular complexity index is 1140. The Balaban J connectivity index is 1.29. The molecule has 1 atom stereocenters. The quantitative estimate of drug-likeness (QED) is 0.281. The van der Waals surface area contributed by atoms with Gasteiger partial charge in [0, 0.05) is 21.7 Å². The van der Waals surface area contributed by atoms with Gasteiger partial charge in [-0.1, -0.05) is 61.3 Å². The number of nitrogens with one attached hydrogen (secondary N) is 1. The fourth-order valence-corrected chi connectivity index (χ4v) is 5.05. The molecule has 1 fully saturated rings. The van der Waals surface area contributed by atoms with E-state index in [0.29, 0.717) is 10.9 Å². The summed E-state index contributed by atoms with van der Waals surface area (Å²) in [4.78, 5) is 14.6. The Hall–Kier alpha value is -2.53. The van der Waals surface area contributed by atoms with Crippen molar-refractivity contribution in [3.05, 3.63) is 94.0 Å². The number of halogens is 2. The van der Waals surface area contributed by atoms with Crippen LogP contribution in [-0.2, 0) is 4.79 Å². The van der Waals surface area contributed by atoms with E-state index < -0.39 is 0 Å². The highest BCUT2D eigenvalue weighted by atomic mass is 35.5. The average Bonchev–Trinajstić information content (AvgIpc) is 2.90. The monoisotopic (exact) mass is 538 g/mol. The van der Waals surface area contributed by atoms with Gasteiger partial charge in [-0.15, -0.1) is 0 Å². The van der Waals surface area contributed by atoms with Gasteiger partial charge in [0.2, 0.25) is 5.91 Å². The summed E-state index contributed by atoms with van der Waals surface area (Å²) in [6, 6.07) is 23.8. The van der Waals surface area contributed by atoms with Gasteiger partial charge in [-0.25, -0.2) is 0 Å². The van der Waals surface area contributed by atoms with Crippen molar-refractivity contribution in [2.45, 2.75) is 51.6 Å². The number of amides is 1. The van der Waals surface area contributed by atoms with Crippen molar-refractivity contribution in [1.82, 2.24) is 4.90 Å². The molecule has 1 saturated heterocycles. The predicted octanol–water partition coefficient (Wildman–Crippen LogP) is 8.37. The molecule has 0 radical (unpaired) electrons. The summed E-state index contributed by atoms with van der Waals surface area (Å²) in [6.45, 7) is 7.03. The highest BCUT2D eigenvalue weighted by Crippen LogP contribution is 2.31. The number of rotatable bonds is 10. The van der Waals surface area contributed by atoms with Crippen molar-refractivity contribution in [1.29, 1.82) is 0 Å². The molecule has 0 aromatic heterocycles. The molecule has 6 heteroatoms. The number of piperidine rings is 1. The summed E-state index contributed by atoms with van der Waals surface area (Å²) >= 11 is 12.2. The smallest absolute Gasteiger partial charge is 0.226 e. The molecular weight excluding hydrogens is 503 g/mol. The molecule has 1 amide bonds. The molecule has 1 unspecified atom stereocenters. The predicted molar refractivity (Wildman–Crippen MR) is 154 cm³/mol. The second kappa shape index (κ2) is 13.3. The van der Waals surface area contributed by atoms with Crippen LogP contribution in [0, 0.1) is 5.92 Å². The normalized spacial score (nSPS) is 15.5. The van der Waals surface area contributed by atoms with E-state index in [1.807, 2.05) is 68.4 Å². The number of anilines is 1. The number of ether oxygens (including phenoxy) is 1. The molecule has 196 valence electrons. The van der Waals surface area contributed by atoms with Crippen LogP contribution in [0.4, 0.5) is 5.69 Å². The van der Waals surface area contributed by atoms with E-state index in [0.717, 1.165) is 67.3 Å². The van der Waals surface area contributed by atoms with Crippen LogP contribution < -0.4 is 10.1 Å². The first-order valence-corrected chi connectivity index (χ1v) is 13.9. The maximum atomic E-state index is 12.1. The molecule has 1 aliphatic rings. The minimum absolute atomic E-state index is 0.0252. The van der Waals surface area contributed by atoms with E-state index in [2.05, 4.69) is 28.4 Å². The first-order valence-electron chi connectivity index (χ1n) is 13.2. The van der Waals surface area contributed by atoms with Crippen molar-refractivity contribution in [3.63, 3.8) is 0 Å². The van der Waals surface area contributed by atoms with Gasteiger partial charge in [0.15, 0.2) is 0 Å². The van der Waals surface area contributed by atoms with Crippen LogP contribution in [0.15, 0.2) is 72.8 Å². The lowest BCUT2D eigenvalue weighted by Gasteiger charge is -2.32.